The van der Waals surface area contributed by atoms with E-state index in [4.69, 9.17) is 9.47 Å². The van der Waals surface area contributed by atoms with Gasteiger partial charge in [-0.1, -0.05) is 74.0 Å². The molecule has 5 nitrogen and oxygen atoms in total. The molecule has 0 amide bonds. The first kappa shape index (κ1) is 21.6. The largest absolute Gasteiger partial charge is 0.497 e. The minimum absolute atomic E-state index is 0.187. The maximum atomic E-state index is 5.58. The zero-order valence-corrected chi connectivity index (χ0v) is 18.8. The number of methoxy groups -OCH3 is 2. The molecule has 164 valence electrons. The van der Waals surface area contributed by atoms with Crippen molar-refractivity contribution >= 4 is 16.6 Å². The lowest BCUT2D eigenvalue weighted by Gasteiger charge is -2.20. The topological polar surface area (TPSA) is 56.3 Å². The normalized spacial score (nSPS) is 11.8. The van der Waals surface area contributed by atoms with Crippen molar-refractivity contribution in [2.45, 2.75) is 32.2 Å². The molecule has 4 rings (SSSR count). The number of ether oxygens (including phenoxy) is 2. The van der Waals surface area contributed by atoms with E-state index in [2.05, 4.69) is 58.8 Å². The summed E-state index contributed by atoms with van der Waals surface area (Å²) in [7, 11) is 3.33. The molecule has 0 aliphatic rings. The van der Waals surface area contributed by atoms with Crippen molar-refractivity contribution in [1.29, 1.82) is 0 Å². The van der Waals surface area contributed by atoms with Crippen molar-refractivity contribution in [1.82, 2.24) is 10.2 Å². The standard InChI is InChI=1S/C27H29N3O2/c1-4-10-24(19-11-6-5-7-12-19)28-27-23-14-9-8-13-22(23)25(29-30-27)17-20-15-16-21(31-2)18-26(20)32-3/h5-9,11-16,18,24H,4,10,17H2,1-3H3,(H,28,30). The third kappa shape index (κ3) is 4.67. The molecule has 4 aromatic rings. The molecule has 0 aliphatic heterocycles. The van der Waals surface area contributed by atoms with Crippen molar-refractivity contribution in [2.75, 3.05) is 19.5 Å². The molecule has 1 atom stereocenters. The highest BCUT2D eigenvalue weighted by Crippen LogP contribution is 2.31. The summed E-state index contributed by atoms with van der Waals surface area (Å²) in [4.78, 5) is 0. The first-order valence-corrected chi connectivity index (χ1v) is 11.0. The summed E-state index contributed by atoms with van der Waals surface area (Å²) in [6.45, 7) is 2.20. The van der Waals surface area contributed by atoms with Gasteiger partial charge in [-0.15, -0.1) is 5.10 Å². The highest BCUT2D eigenvalue weighted by molar-refractivity contribution is 5.93. The highest BCUT2D eigenvalue weighted by Gasteiger charge is 2.16. The summed E-state index contributed by atoms with van der Waals surface area (Å²) in [5.41, 5.74) is 3.22. The molecule has 3 aromatic carbocycles. The van der Waals surface area contributed by atoms with Crippen molar-refractivity contribution < 1.29 is 9.47 Å². The Bertz CT molecular complexity index is 1180. The quantitative estimate of drug-likeness (QED) is 0.345. The van der Waals surface area contributed by atoms with Crippen LogP contribution >= 0.6 is 0 Å². The Morgan fingerprint density at radius 3 is 2.31 bits per heavy atom. The van der Waals surface area contributed by atoms with Gasteiger partial charge in [-0.2, -0.15) is 5.10 Å². The zero-order valence-electron chi connectivity index (χ0n) is 18.8. The molecule has 32 heavy (non-hydrogen) atoms. The smallest absolute Gasteiger partial charge is 0.157 e. The maximum absolute atomic E-state index is 5.58. The minimum Gasteiger partial charge on any atom is -0.497 e. The SMILES string of the molecule is CCCC(Nc1nnc(Cc2ccc(OC)cc2OC)c2ccccc12)c1ccccc1. The van der Waals surface area contributed by atoms with E-state index in [-0.39, 0.29) is 6.04 Å². The van der Waals surface area contributed by atoms with Crippen LogP contribution in [0, 0.1) is 0 Å². The van der Waals surface area contributed by atoms with E-state index in [9.17, 15) is 0 Å². The third-order valence-electron chi connectivity index (χ3n) is 5.71. The maximum Gasteiger partial charge on any atom is 0.157 e. The van der Waals surface area contributed by atoms with Crippen LogP contribution in [0.4, 0.5) is 5.82 Å². The lowest BCUT2D eigenvalue weighted by Crippen LogP contribution is -2.13. The third-order valence-corrected chi connectivity index (χ3v) is 5.71. The Balaban J connectivity index is 1.69. The highest BCUT2D eigenvalue weighted by atomic mass is 16.5. The molecule has 0 spiro atoms. The number of rotatable bonds is 9. The second kappa shape index (κ2) is 10.1. The van der Waals surface area contributed by atoms with Gasteiger partial charge in [-0.3, -0.25) is 0 Å². The number of benzene rings is 3. The number of nitrogens with one attached hydrogen (secondary N) is 1. The summed E-state index contributed by atoms with van der Waals surface area (Å²) >= 11 is 0. The van der Waals surface area contributed by atoms with Gasteiger partial charge in [0.1, 0.15) is 11.5 Å². The van der Waals surface area contributed by atoms with Crippen LogP contribution < -0.4 is 14.8 Å². The van der Waals surface area contributed by atoms with E-state index in [1.165, 1.54) is 5.56 Å². The molecule has 0 fully saturated rings. The lowest BCUT2D eigenvalue weighted by molar-refractivity contribution is 0.391. The van der Waals surface area contributed by atoms with Gasteiger partial charge in [0, 0.05) is 28.8 Å². The minimum atomic E-state index is 0.187. The monoisotopic (exact) mass is 427 g/mol. The van der Waals surface area contributed by atoms with E-state index in [0.29, 0.717) is 6.42 Å². The average molecular weight is 428 g/mol. The van der Waals surface area contributed by atoms with Crippen LogP contribution in [0.2, 0.25) is 0 Å². The number of hydrogen-bond donors (Lipinski definition) is 1. The van der Waals surface area contributed by atoms with Gasteiger partial charge in [0.25, 0.3) is 0 Å². The van der Waals surface area contributed by atoms with Gasteiger partial charge in [0.2, 0.25) is 0 Å². The van der Waals surface area contributed by atoms with Crippen LogP contribution in [0.5, 0.6) is 11.5 Å². The molecule has 1 N–H and O–H groups in total. The summed E-state index contributed by atoms with van der Waals surface area (Å²) in [5, 5.41) is 15.1. The van der Waals surface area contributed by atoms with E-state index < -0.39 is 0 Å². The van der Waals surface area contributed by atoms with Crippen LogP contribution in [-0.2, 0) is 6.42 Å². The number of nitrogens with zero attached hydrogens (tertiary/aromatic N) is 2. The van der Waals surface area contributed by atoms with Gasteiger partial charge in [0.15, 0.2) is 5.82 Å². The summed E-state index contributed by atoms with van der Waals surface area (Å²) in [6.07, 6.45) is 2.72. The van der Waals surface area contributed by atoms with Crippen molar-refractivity contribution in [3.8, 4) is 11.5 Å². The second-order valence-corrected chi connectivity index (χ2v) is 7.79. The molecule has 1 heterocycles. The van der Waals surface area contributed by atoms with E-state index >= 15 is 0 Å². The molecule has 0 saturated heterocycles. The summed E-state index contributed by atoms with van der Waals surface area (Å²) in [6, 6.07) is 24.9. The van der Waals surface area contributed by atoms with Crippen molar-refractivity contribution in [2.24, 2.45) is 0 Å². The predicted molar refractivity (Wildman–Crippen MR) is 130 cm³/mol. The Labute approximate surface area is 189 Å². The first-order chi connectivity index (χ1) is 15.7. The molecule has 5 heteroatoms. The first-order valence-electron chi connectivity index (χ1n) is 11.0. The van der Waals surface area contributed by atoms with E-state index in [1.54, 1.807) is 14.2 Å². The molecule has 0 saturated carbocycles. The van der Waals surface area contributed by atoms with Crippen molar-refractivity contribution in [3.05, 3.63) is 89.6 Å². The van der Waals surface area contributed by atoms with Crippen LogP contribution in [0.1, 0.15) is 42.6 Å². The molecular weight excluding hydrogens is 398 g/mol. The Kier molecular flexibility index (Phi) is 6.85. The van der Waals surface area contributed by atoms with Crippen LogP contribution in [-0.4, -0.2) is 24.4 Å². The van der Waals surface area contributed by atoms with Crippen LogP contribution in [0.3, 0.4) is 0 Å². The van der Waals surface area contributed by atoms with Crippen LogP contribution in [0.15, 0.2) is 72.8 Å². The average Bonchev–Trinajstić information content (AvgIpc) is 2.85. The van der Waals surface area contributed by atoms with Gasteiger partial charge in [-0.25, -0.2) is 0 Å². The fraction of sp³-hybridized carbons (Fsp3) is 0.259. The summed E-state index contributed by atoms with van der Waals surface area (Å²) in [5.74, 6) is 2.36. The predicted octanol–water partition coefficient (Wildman–Crippen LogP) is 6.19. The summed E-state index contributed by atoms with van der Waals surface area (Å²) < 4.78 is 10.9. The zero-order chi connectivity index (χ0) is 22.3. The molecule has 0 aliphatic carbocycles. The molecule has 1 unspecified atom stereocenters. The number of aromatic nitrogens is 2. The number of fused-ring (bicyclic) bond motifs is 1. The van der Waals surface area contributed by atoms with Gasteiger partial charge < -0.3 is 14.8 Å². The lowest BCUT2D eigenvalue weighted by atomic mass is 10.0. The number of anilines is 1. The van der Waals surface area contributed by atoms with Crippen LogP contribution in [0.25, 0.3) is 10.8 Å². The Morgan fingerprint density at radius 1 is 0.844 bits per heavy atom. The van der Waals surface area contributed by atoms with Gasteiger partial charge in [-0.05, 0) is 18.1 Å². The fourth-order valence-corrected chi connectivity index (χ4v) is 4.04. The van der Waals surface area contributed by atoms with Crippen molar-refractivity contribution in [3.63, 3.8) is 0 Å². The Morgan fingerprint density at radius 2 is 1.59 bits per heavy atom. The fourth-order valence-electron chi connectivity index (χ4n) is 4.04. The molecule has 0 radical (unpaired) electrons. The molecular formula is C27H29N3O2. The van der Waals surface area contributed by atoms with E-state index in [0.717, 1.165) is 52.2 Å². The van der Waals surface area contributed by atoms with Gasteiger partial charge >= 0.3 is 0 Å². The van der Waals surface area contributed by atoms with Gasteiger partial charge in [0.05, 0.1) is 26.0 Å². The number of hydrogen-bond acceptors (Lipinski definition) is 5. The molecule has 0 bridgehead atoms. The Hall–Kier alpha value is -3.60. The second-order valence-electron chi connectivity index (χ2n) is 7.79. The molecule has 1 aromatic heterocycles. The van der Waals surface area contributed by atoms with E-state index in [1.807, 2.05) is 36.4 Å².